The lowest BCUT2D eigenvalue weighted by Gasteiger charge is -2.19. The number of urea groups is 1. The SMILES string of the molecule is COc1cc(NC(=O)N[C@H]2[C@H]3Oc4ccc(Oc5ccnc6c5CCC(=O)N6)cc4[C@@H]23)ccn1. The first kappa shape index (κ1) is 20.3. The van der Waals surface area contributed by atoms with Crippen molar-refractivity contribution in [3.63, 3.8) is 0 Å². The number of methoxy groups -OCH3 is 1. The molecular formula is C24H21N5O5. The van der Waals surface area contributed by atoms with Crippen molar-refractivity contribution in [2.24, 2.45) is 0 Å². The van der Waals surface area contributed by atoms with E-state index in [-0.39, 0.29) is 30.0 Å². The van der Waals surface area contributed by atoms with Crippen molar-refractivity contribution in [1.29, 1.82) is 0 Å². The maximum Gasteiger partial charge on any atom is 0.319 e. The van der Waals surface area contributed by atoms with Crippen LogP contribution in [0.2, 0.25) is 0 Å². The molecule has 3 atom stereocenters. The number of carbonyl (C=O) groups is 2. The Hall–Kier alpha value is -4.34. The van der Waals surface area contributed by atoms with E-state index in [1.54, 1.807) is 30.6 Å². The van der Waals surface area contributed by atoms with Gasteiger partial charge < -0.3 is 30.2 Å². The number of anilines is 2. The minimum absolute atomic E-state index is 0.0442. The molecule has 0 radical (unpaired) electrons. The third-order valence-corrected chi connectivity index (χ3v) is 6.16. The van der Waals surface area contributed by atoms with E-state index in [9.17, 15) is 9.59 Å². The molecule has 3 amide bonds. The average molecular weight is 459 g/mol. The number of rotatable bonds is 5. The van der Waals surface area contributed by atoms with Gasteiger partial charge in [0.25, 0.3) is 0 Å². The topological polar surface area (TPSA) is 124 Å². The molecule has 10 heteroatoms. The summed E-state index contributed by atoms with van der Waals surface area (Å²) in [6.45, 7) is 0. The quantitative estimate of drug-likeness (QED) is 0.535. The molecule has 4 heterocycles. The number of pyridine rings is 2. The molecule has 2 aliphatic heterocycles. The number of hydrogen-bond acceptors (Lipinski definition) is 7. The molecule has 3 aliphatic rings. The van der Waals surface area contributed by atoms with Crippen molar-refractivity contribution < 1.29 is 23.8 Å². The molecule has 6 rings (SSSR count). The molecule has 34 heavy (non-hydrogen) atoms. The minimum atomic E-state index is -0.323. The van der Waals surface area contributed by atoms with E-state index in [1.807, 2.05) is 18.2 Å². The Balaban J connectivity index is 1.14. The molecule has 1 aliphatic carbocycles. The van der Waals surface area contributed by atoms with Gasteiger partial charge in [0.1, 0.15) is 29.2 Å². The van der Waals surface area contributed by atoms with Crippen molar-refractivity contribution in [3.8, 4) is 23.1 Å². The molecule has 1 fully saturated rings. The number of aromatic nitrogens is 2. The average Bonchev–Trinajstić information content (AvgIpc) is 3.35. The molecule has 0 unspecified atom stereocenters. The number of ether oxygens (including phenoxy) is 3. The van der Waals surface area contributed by atoms with Gasteiger partial charge in [-0.25, -0.2) is 14.8 Å². The van der Waals surface area contributed by atoms with Gasteiger partial charge in [-0.15, -0.1) is 0 Å². The predicted octanol–water partition coefficient (Wildman–Crippen LogP) is 3.21. The molecule has 172 valence electrons. The number of fused-ring (bicyclic) bond motifs is 4. The van der Waals surface area contributed by atoms with Crippen LogP contribution in [0.1, 0.15) is 23.5 Å². The number of amides is 3. The Labute approximate surface area is 194 Å². The van der Waals surface area contributed by atoms with Crippen molar-refractivity contribution in [3.05, 3.63) is 59.9 Å². The Morgan fingerprint density at radius 2 is 2.03 bits per heavy atom. The zero-order chi connectivity index (χ0) is 23.2. The Morgan fingerprint density at radius 3 is 2.91 bits per heavy atom. The Morgan fingerprint density at radius 1 is 1.15 bits per heavy atom. The summed E-state index contributed by atoms with van der Waals surface area (Å²) in [5.41, 5.74) is 2.46. The predicted molar refractivity (Wildman–Crippen MR) is 122 cm³/mol. The molecule has 1 aromatic carbocycles. The highest BCUT2D eigenvalue weighted by atomic mass is 16.5. The largest absolute Gasteiger partial charge is 0.487 e. The van der Waals surface area contributed by atoms with Crippen LogP contribution in [-0.2, 0) is 11.2 Å². The van der Waals surface area contributed by atoms with Crippen LogP contribution >= 0.6 is 0 Å². The minimum Gasteiger partial charge on any atom is -0.487 e. The fourth-order valence-electron chi connectivity index (χ4n) is 4.47. The van der Waals surface area contributed by atoms with Crippen LogP contribution in [0.25, 0.3) is 0 Å². The maximum absolute atomic E-state index is 12.5. The summed E-state index contributed by atoms with van der Waals surface area (Å²) in [4.78, 5) is 32.4. The summed E-state index contributed by atoms with van der Waals surface area (Å²) in [6, 6.07) is 10.4. The lowest BCUT2D eigenvalue weighted by Crippen LogP contribution is -2.34. The summed E-state index contributed by atoms with van der Waals surface area (Å²) < 4.78 is 17.2. The first-order valence-corrected chi connectivity index (χ1v) is 10.9. The number of nitrogens with one attached hydrogen (secondary N) is 3. The van der Waals surface area contributed by atoms with Gasteiger partial charge in [0.05, 0.1) is 19.1 Å². The fourth-order valence-corrected chi connectivity index (χ4v) is 4.47. The zero-order valence-electron chi connectivity index (χ0n) is 18.2. The molecule has 10 nitrogen and oxygen atoms in total. The second-order valence-electron chi connectivity index (χ2n) is 8.31. The van der Waals surface area contributed by atoms with Crippen molar-refractivity contribution in [2.75, 3.05) is 17.7 Å². The lowest BCUT2D eigenvalue weighted by atomic mass is 10.1. The monoisotopic (exact) mass is 459 g/mol. The number of hydrogen-bond donors (Lipinski definition) is 3. The molecule has 2 aromatic heterocycles. The number of carbonyl (C=O) groups excluding carboxylic acids is 2. The second-order valence-corrected chi connectivity index (χ2v) is 8.31. The van der Waals surface area contributed by atoms with Crippen molar-refractivity contribution >= 4 is 23.4 Å². The zero-order valence-corrected chi connectivity index (χ0v) is 18.2. The van der Waals surface area contributed by atoms with E-state index in [0.717, 1.165) is 16.9 Å². The van der Waals surface area contributed by atoms with E-state index in [0.29, 0.717) is 41.7 Å². The van der Waals surface area contributed by atoms with E-state index in [2.05, 4.69) is 25.9 Å². The van der Waals surface area contributed by atoms with Gasteiger partial charge in [-0.1, -0.05) is 0 Å². The molecule has 3 N–H and O–H groups in total. The third-order valence-electron chi connectivity index (χ3n) is 6.16. The second kappa shape index (κ2) is 7.91. The summed E-state index contributed by atoms with van der Waals surface area (Å²) in [5.74, 6) is 3.10. The van der Waals surface area contributed by atoms with Gasteiger partial charge in [0.2, 0.25) is 11.8 Å². The summed E-state index contributed by atoms with van der Waals surface area (Å²) >= 11 is 0. The van der Waals surface area contributed by atoms with Crippen molar-refractivity contribution in [1.82, 2.24) is 15.3 Å². The van der Waals surface area contributed by atoms with E-state index in [1.165, 1.54) is 7.11 Å². The van der Waals surface area contributed by atoms with Gasteiger partial charge in [-0.05, 0) is 36.8 Å². The Bertz CT molecular complexity index is 1310. The summed E-state index contributed by atoms with van der Waals surface area (Å²) in [6.07, 6.45) is 4.05. The molecule has 1 saturated carbocycles. The number of nitrogens with zero attached hydrogens (tertiary/aromatic N) is 2. The summed E-state index contributed by atoms with van der Waals surface area (Å²) in [7, 11) is 1.52. The highest BCUT2D eigenvalue weighted by Crippen LogP contribution is 2.54. The highest BCUT2D eigenvalue weighted by Gasteiger charge is 2.59. The first-order chi connectivity index (χ1) is 16.6. The Kier molecular flexibility index (Phi) is 4.72. The van der Waals surface area contributed by atoms with E-state index >= 15 is 0 Å². The maximum atomic E-state index is 12.5. The molecule has 0 bridgehead atoms. The molecule has 0 saturated heterocycles. The van der Waals surface area contributed by atoms with Gasteiger partial charge in [0.15, 0.2) is 0 Å². The van der Waals surface area contributed by atoms with Crippen LogP contribution in [0.4, 0.5) is 16.3 Å². The molecule has 3 aromatic rings. The summed E-state index contributed by atoms with van der Waals surface area (Å²) in [5, 5.41) is 8.55. The lowest BCUT2D eigenvalue weighted by molar-refractivity contribution is -0.116. The van der Waals surface area contributed by atoms with Gasteiger partial charge >= 0.3 is 6.03 Å². The van der Waals surface area contributed by atoms with Crippen LogP contribution in [0, 0.1) is 0 Å². The van der Waals surface area contributed by atoms with E-state index < -0.39 is 0 Å². The van der Waals surface area contributed by atoms with Crippen LogP contribution in [0.5, 0.6) is 23.1 Å². The van der Waals surface area contributed by atoms with Crippen LogP contribution in [-0.4, -0.2) is 41.2 Å². The molecular weight excluding hydrogens is 438 g/mol. The van der Waals surface area contributed by atoms with E-state index in [4.69, 9.17) is 14.2 Å². The van der Waals surface area contributed by atoms with Gasteiger partial charge in [-0.2, -0.15) is 0 Å². The third kappa shape index (κ3) is 3.62. The van der Waals surface area contributed by atoms with Crippen LogP contribution < -0.4 is 30.2 Å². The first-order valence-electron chi connectivity index (χ1n) is 10.9. The van der Waals surface area contributed by atoms with Gasteiger partial charge in [-0.3, -0.25) is 4.79 Å². The number of benzene rings is 1. The molecule has 0 spiro atoms. The standard InChI is InChI=1S/C24H21N5O5/c1-32-19-10-12(6-8-25-19)27-24(31)29-21-20-15-11-13(2-4-16(15)34-22(20)21)33-17-7-9-26-23-14(17)3-5-18(30)28-23/h2,4,6-11,20-22H,3,5H2,1H3,(H,26,28,30)(H2,25,27,29,31)/t20-,21+,22-/m0/s1. The van der Waals surface area contributed by atoms with Gasteiger partial charge in [0, 0.05) is 41.7 Å². The fraction of sp³-hybridized carbons (Fsp3) is 0.250. The smallest absolute Gasteiger partial charge is 0.319 e. The van der Waals surface area contributed by atoms with Crippen LogP contribution in [0.3, 0.4) is 0 Å². The van der Waals surface area contributed by atoms with Crippen molar-refractivity contribution in [2.45, 2.75) is 30.9 Å². The normalized spacial score (nSPS) is 21.2. The highest BCUT2D eigenvalue weighted by molar-refractivity contribution is 5.93. The van der Waals surface area contributed by atoms with Crippen LogP contribution in [0.15, 0.2) is 48.8 Å².